The van der Waals surface area contributed by atoms with Crippen LogP contribution in [0.5, 0.6) is 0 Å². The van der Waals surface area contributed by atoms with Crippen LogP contribution in [-0.2, 0) is 0 Å². The van der Waals surface area contributed by atoms with E-state index in [2.05, 4.69) is 28.2 Å². The van der Waals surface area contributed by atoms with Crippen LogP contribution in [0.15, 0.2) is 79.4 Å². The Morgan fingerprint density at radius 2 is 1.41 bits per heavy atom. The summed E-state index contributed by atoms with van der Waals surface area (Å²) in [4.78, 5) is 13.3. The van der Waals surface area contributed by atoms with Gasteiger partial charge in [0.05, 0.1) is 11.4 Å². The average Bonchev–Trinajstić information content (AvgIpc) is 2.62. The van der Waals surface area contributed by atoms with Crippen molar-refractivity contribution in [2.24, 2.45) is 0 Å². The van der Waals surface area contributed by atoms with Crippen molar-refractivity contribution >= 4 is 10.8 Å². The van der Waals surface area contributed by atoms with Gasteiger partial charge in [-0.05, 0) is 35.7 Å². The third kappa shape index (κ3) is 2.23. The van der Waals surface area contributed by atoms with E-state index in [1.54, 1.807) is 12.4 Å². The van der Waals surface area contributed by atoms with Crippen molar-refractivity contribution in [3.8, 4) is 22.5 Å². The lowest BCUT2D eigenvalue weighted by atomic mass is 10.0. The number of hydrogen-bond donors (Lipinski definition) is 0. The molecule has 3 nitrogen and oxygen atoms in total. The van der Waals surface area contributed by atoms with E-state index in [0.717, 1.165) is 33.3 Å². The molecule has 0 amide bonds. The highest BCUT2D eigenvalue weighted by atomic mass is 14.7. The number of benzene rings is 1. The Balaban J connectivity index is 2.02. The molecule has 0 aliphatic heterocycles. The van der Waals surface area contributed by atoms with Gasteiger partial charge in [-0.3, -0.25) is 9.97 Å². The van der Waals surface area contributed by atoms with Crippen LogP contribution in [0.4, 0.5) is 0 Å². The van der Waals surface area contributed by atoms with Crippen molar-refractivity contribution in [3.05, 3.63) is 79.4 Å². The van der Waals surface area contributed by atoms with E-state index in [0.29, 0.717) is 0 Å². The lowest BCUT2D eigenvalue weighted by Gasteiger charge is -2.09. The maximum Gasteiger partial charge on any atom is 0.0803 e. The molecular formula is C19H13N3. The number of aromatic nitrogens is 3. The van der Waals surface area contributed by atoms with Gasteiger partial charge >= 0.3 is 0 Å². The first kappa shape index (κ1) is 12.7. The van der Waals surface area contributed by atoms with Crippen LogP contribution in [0, 0.1) is 0 Å². The minimum Gasteiger partial charge on any atom is -0.264 e. The first-order valence-corrected chi connectivity index (χ1v) is 7.12. The summed E-state index contributed by atoms with van der Waals surface area (Å²) < 4.78 is 0. The quantitative estimate of drug-likeness (QED) is 0.548. The molecule has 0 N–H and O–H groups in total. The van der Waals surface area contributed by atoms with Gasteiger partial charge in [0.2, 0.25) is 0 Å². The van der Waals surface area contributed by atoms with E-state index >= 15 is 0 Å². The maximum atomic E-state index is 4.86. The zero-order chi connectivity index (χ0) is 14.8. The molecule has 0 spiro atoms. The third-order valence-corrected chi connectivity index (χ3v) is 3.63. The SMILES string of the molecule is c1cncc(-c2cc3ccccc3c(-c3cccnc3)n2)c1. The van der Waals surface area contributed by atoms with Crippen molar-refractivity contribution in [1.29, 1.82) is 0 Å². The third-order valence-electron chi connectivity index (χ3n) is 3.63. The normalized spacial score (nSPS) is 10.7. The second-order valence-corrected chi connectivity index (χ2v) is 5.06. The fraction of sp³-hybridized carbons (Fsp3) is 0. The van der Waals surface area contributed by atoms with Gasteiger partial charge in [-0.25, -0.2) is 4.98 Å². The van der Waals surface area contributed by atoms with Crippen molar-refractivity contribution in [3.63, 3.8) is 0 Å². The summed E-state index contributed by atoms with van der Waals surface area (Å²) in [7, 11) is 0. The number of hydrogen-bond acceptors (Lipinski definition) is 3. The topological polar surface area (TPSA) is 38.7 Å². The number of rotatable bonds is 2. The van der Waals surface area contributed by atoms with Crippen molar-refractivity contribution < 1.29 is 0 Å². The molecule has 4 rings (SSSR count). The molecule has 0 aliphatic rings. The molecule has 22 heavy (non-hydrogen) atoms. The van der Waals surface area contributed by atoms with Gasteiger partial charge in [-0.2, -0.15) is 0 Å². The van der Waals surface area contributed by atoms with Gasteiger partial charge in [-0.15, -0.1) is 0 Å². The Morgan fingerprint density at radius 3 is 2.14 bits per heavy atom. The Bertz CT molecular complexity index is 919. The monoisotopic (exact) mass is 283 g/mol. The fourth-order valence-corrected chi connectivity index (χ4v) is 2.58. The Kier molecular flexibility index (Phi) is 3.09. The molecule has 0 atom stereocenters. The molecule has 1 aromatic carbocycles. The predicted molar refractivity (Wildman–Crippen MR) is 88.2 cm³/mol. The maximum absolute atomic E-state index is 4.86. The summed E-state index contributed by atoms with van der Waals surface area (Å²) in [5, 5.41) is 2.29. The van der Waals surface area contributed by atoms with Gasteiger partial charge < -0.3 is 0 Å². The molecule has 3 heteroatoms. The lowest BCUT2D eigenvalue weighted by molar-refractivity contribution is 1.27. The van der Waals surface area contributed by atoms with Crippen LogP contribution in [-0.4, -0.2) is 15.0 Å². The first-order chi connectivity index (χ1) is 10.9. The standard InChI is InChI=1S/C19H13N3/c1-2-8-17-14(5-1)11-18(15-6-3-9-20-12-15)22-19(17)16-7-4-10-21-13-16/h1-13H. The van der Waals surface area contributed by atoms with Crippen LogP contribution in [0.3, 0.4) is 0 Å². The summed E-state index contributed by atoms with van der Waals surface area (Å²) in [6, 6.07) is 18.3. The molecule has 0 saturated heterocycles. The zero-order valence-electron chi connectivity index (χ0n) is 11.8. The molecule has 3 heterocycles. The number of nitrogens with zero attached hydrogens (tertiary/aromatic N) is 3. The average molecular weight is 283 g/mol. The van der Waals surface area contributed by atoms with Gasteiger partial charge in [0, 0.05) is 41.3 Å². The van der Waals surface area contributed by atoms with E-state index in [-0.39, 0.29) is 0 Å². The molecule has 0 radical (unpaired) electrons. The molecule has 0 aliphatic carbocycles. The minimum absolute atomic E-state index is 0.922. The highest BCUT2D eigenvalue weighted by Crippen LogP contribution is 2.30. The van der Waals surface area contributed by atoms with E-state index < -0.39 is 0 Å². The number of fused-ring (bicyclic) bond motifs is 1. The molecule has 0 saturated carbocycles. The van der Waals surface area contributed by atoms with Crippen LogP contribution in [0.2, 0.25) is 0 Å². The van der Waals surface area contributed by atoms with E-state index in [9.17, 15) is 0 Å². The fourth-order valence-electron chi connectivity index (χ4n) is 2.58. The summed E-state index contributed by atoms with van der Waals surface area (Å²) in [5.74, 6) is 0. The van der Waals surface area contributed by atoms with Crippen LogP contribution in [0.25, 0.3) is 33.3 Å². The van der Waals surface area contributed by atoms with Crippen molar-refractivity contribution in [2.45, 2.75) is 0 Å². The highest BCUT2D eigenvalue weighted by Gasteiger charge is 2.09. The Hall–Kier alpha value is -3.07. The van der Waals surface area contributed by atoms with E-state index in [1.807, 2.05) is 48.8 Å². The van der Waals surface area contributed by atoms with Gasteiger partial charge in [0.1, 0.15) is 0 Å². The Morgan fingerprint density at radius 1 is 0.682 bits per heavy atom. The Labute approximate surface area is 128 Å². The summed E-state index contributed by atoms with van der Waals surface area (Å²) in [5.41, 5.74) is 3.90. The van der Waals surface area contributed by atoms with Gasteiger partial charge in [0.15, 0.2) is 0 Å². The van der Waals surface area contributed by atoms with Crippen molar-refractivity contribution in [1.82, 2.24) is 15.0 Å². The van der Waals surface area contributed by atoms with E-state index in [4.69, 9.17) is 4.98 Å². The minimum atomic E-state index is 0.922. The van der Waals surface area contributed by atoms with E-state index in [1.165, 1.54) is 0 Å². The lowest BCUT2D eigenvalue weighted by Crippen LogP contribution is -1.91. The largest absolute Gasteiger partial charge is 0.264 e. The number of pyridine rings is 3. The molecular weight excluding hydrogens is 270 g/mol. The first-order valence-electron chi connectivity index (χ1n) is 7.12. The summed E-state index contributed by atoms with van der Waals surface area (Å²) >= 11 is 0. The summed E-state index contributed by atoms with van der Waals surface area (Å²) in [6.07, 6.45) is 7.23. The molecule has 0 unspecified atom stereocenters. The smallest absolute Gasteiger partial charge is 0.0803 e. The molecule has 104 valence electrons. The van der Waals surface area contributed by atoms with Crippen LogP contribution in [0.1, 0.15) is 0 Å². The van der Waals surface area contributed by atoms with Crippen LogP contribution < -0.4 is 0 Å². The predicted octanol–water partition coefficient (Wildman–Crippen LogP) is 4.36. The second kappa shape index (κ2) is 5.37. The second-order valence-electron chi connectivity index (χ2n) is 5.06. The molecule has 3 aromatic heterocycles. The van der Waals surface area contributed by atoms with Gasteiger partial charge in [-0.1, -0.05) is 24.3 Å². The molecule has 0 bridgehead atoms. The molecule has 0 fully saturated rings. The highest BCUT2D eigenvalue weighted by molar-refractivity contribution is 5.96. The summed E-state index contributed by atoms with van der Waals surface area (Å²) in [6.45, 7) is 0. The zero-order valence-corrected chi connectivity index (χ0v) is 11.8. The van der Waals surface area contributed by atoms with Crippen LogP contribution >= 0.6 is 0 Å². The molecule has 4 aromatic rings. The van der Waals surface area contributed by atoms with Gasteiger partial charge in [0.25, 0.3) is 0 Å². The van der Waals surface area contributed by atoms with Crippen molar-refractivity contribution in [2.75, 3.05) is 0 Å².